The molecule has 0 amide bonds. The van der Waals surface area contributed by atoms with Crippen molar-refractivity contribution < 1.29 is 4.42 Å². The number of furan rings is 1. The van der Waals surface area contributed by atoms with Gasteiger partial charge in [0.05, 0.1) is 11.3 Å². The van der Waals surface area contributed by atoms with Crippen LogP contribution in [0, 0.1) is 0 Å². The van der Waals surface area contributed by atoms with Gasteiger partial charge in [0.15, 0.2) is 5.76 Å². The molecule has 21 heavy (non-hydrogen) atoms. The first-order valence-corrected chi connectivity index (χ1v) is 8.03. The second-order valence-corrected chi connectivity index (χ2v) is 5.78. The van der Waals surface area contributed by atoms with Crippen molar-refractivity contribution in [3.63, 3.8) is 0 Å². The highest BCUT2D eigenvalue weighted by Gasteiger charge is 2.06. The second-order valence-electron chi connectivity index (χ2n) is 4.84. The molecule has 1 N–H and O–H groups in total. The summed E-state index contributed by atoms with van der Waals surface area (Å²) in [6.45, 7) is 1.96. The highest BCUT2D eigenvalue weighted by atomic mass is 32.1. The van der Waals surface area contributed by atoms with E-state index in [9.17, 15) is 0 Å². The third-order valence-electron chi connectivity index (χ3n) is 3.27. The minimum Gasteiger partial charge on any atom is -0.463 e. The fraction of sp³-hybridized carbons (Fsp3) is 0.235. The zero-order valence-corrected chi connectivity index (χ0v) is 12.6. The number of aromatic nitrogens is 1. The number of rotatable bonds is 7. The van der Waals surface area contributed by atoms with Crippen LogP contribution < -0.4 is 5.32 Å². The number of hydrogen-bond acceptors (Lipinski definition) is 4. The molecule has 0 atom stereocenters. The third kappa shape index (κ3) is 4.03. The molecule has 3 aromatic rings. The molecule has 0 saturated carbocycles. The van der Waals surface area contributed by atoms with Gasteiger partial charge in [-0.1, -0.05) is 30.3 Å². The number of thiazole rings is 1. The van der Waals surface area contributed by atoms with Crippen LogP contribution in [0.1, 0.15) is 10.6 Å². The highest BCUT2D eigenvalue weighted by molar-refractivity contribution is 7.09. The van der Waals surface area contributed by atoms with E-state index in [1.54, 1.807) is 17.6 Å². The van der Waals surface area contributed by atoms with Gasteiger partial charge in [0.1, 0.15) is 5.69 Å². The molecule has 108 valence electrons. The average Bonchev–Trinajstić information content (AvgIpc) is 3.19. The SMILES string of the molecule is c1ccc(CCNCCc2nc(-c3ccco3)cs2)cc1. The number of hydrogen-bond donors (Lipinski definition) is 1. The molecule has 0 aliphatic carbocycles. The molecule has 0 aliphatic heterocycles. The monoisotopic (exact) mass is 298 g/mol. The van der Waals surface area contributed by atoms with Crippen molar-refractivity contribution in [1.82, 2.24) is 10.3 Å². The van der Waals surface area contributed by atoms with E-state index in [0.717, 1.165) is 42.4 Å². The largest absolute Gasteiger partial charge is 0.463 e. The number of nitrogens with zero attached hydrogens (tertiary/aromatic N) is 1. The first kappa shape index (κ1) is 14.0. The van der Waals surface area contributed by atoms with Gasteiger partial charge in [0.2, 0.25) is 0 Å². The van der Waals surface area contributed by atoms with Crippen LogP contribution in [0.5, 0.6) is 0 Å². The molecule has 0 fully saturated rings. The molecule has 1 aromatic carbocycles. The van der Waals surface area contributed by atoms with Crippen molar-refractivity contribution in [1.29, 1.82) is 0 Å². The van der Waals surface area contributed by atoms with Crippen molar-refractivity contribution in [2.45, 2.75) is 12.8 Å². The van der Waals surface area contributed by atoms with E-state index in [-0.39, 0.29) is 0 Å². The molecule has 0 unspecified atom stereocenters. The number of nitrogens with one attached hydrogen (secondary N) is 1. The van der Waals surface area contributed by atoms with E-state index < -0.39 is 0 Å². The van der Waals surface area contributed by atoms with E-state index in [1.807, 2.05) is 12.1 Å². The van der Waals surface area contributed by atoms with Gasteiger partial charge < -0.3 is 9.73 Å². The standard InChI is InChI=1S/C17H18N2OS/c1-2-5-14(6-3-1)8-10-18-11-9-17-19-15(13-21-17)16-7-4-12-20-16/h1-7,12-13,18H,8-11H2. The van der Waals surface area contributed by atoms with Gasteiger partial charge in [0.25, 0.3) is 0 Å². The summed E-state index contributed by atoms with van der Waals surface area (Å²) < 4.78 is 5.35. The Hall–Kier alpha value is -1.91. The zero-order valence-electron chi connectivity index (χ0n) is 11.8. The average molecular weight is 298 g/mol. The predicted octanol–water partition coefficient (Wildman–Crippen LogP) is 3.78. The Labute approximate surface area is 128 Å². The van der Waals surface area contributed by atoms with Gasteiger partial charge >= 0.3 is 0 Å². The summed E-state index contributed by atoms with van der Waals surface area (Å²) in [6.07, 6.45) is 3.70. The minimum atomic E-state index is 0.842. The van der Waals surface area contributed by atoms with Crippen molar-refractivity contribution in [3.8, 4) is 11.5 Å². The number of benzene rings is 1. The molecule has 2 heterocycles. The van der Waals surface area contributed by atoms with Crippen molar-refractivity contribution in [2.24, 2.45) is 0 Å². The van der Waals surface area contributed by atoms with Crippen molar-refractivity contribution >= 4 is 11.3 Å². The Morgan fingerprint density at radius 1 is 1.00 bits per heavy atom. The summed E-state index contributed by atoms with van der Waals surface area (Å²) in [5.41, 5.74) is 2.31. The van der Waals surface area contributed by atoms with Crippen molar-refractivity contribution in [3.05, 3.63) is 64.7 Å². The van der Waals surface area contributed by atoms with Gasteiger partial charge in [-0.3, -0.25) is 0 Å². The Kier molecular flexibility index (Phi) is 4.82. The molecule has 3 nitrogen and oxygen atoms in total. The van der Waals surface area contributed by atoms with Crippen LogP contribution >= 0.6 is 11.3 Å². The molecular formula is C17H18N2OS. The van der Waals surface area contributed by atoms with Gasteiger partial charge in [-0.05, 0) is 30.7 Å². The second kappa shape index (κ2) is 7.20. The molecule has 2 aromatic heterocycles. The summed E-state index contributed by atoms with van der Waals surface area (Å²) in [5, 5.41) is 6.67. The summed E-state index contributed by atoms with van der Waals surface area (Å²) in [7, 11) is 0. The summed E-state index contributed by atoms with van der Waals surface area (Å²) in [6, 6.07) is 14.4. The fourth-order valence-electron chi connectivity index (χ4n) is 2.16. The third-order valence-corrected chi connectivity index (χ3v) is 4.18. The molecule has 0 radical (unpaired) electrons. The van der Waals surface area contributed by atoms with Crippen LogP contribution in [0.4, 0.5) is 0 Å². The van der Waals surface area contributed by atoms with Crippen molar-refractivity contribution in [2.75, 3.05) is 13.1 Å². The molecular weight excluding hydrogens is 280 g/mol. The Morgan fingerprint density at radius 2 is 1.86 bits per heavy atom. The van der Waals surface area contributed by atoms with Crippen LogP contribution in [0.3, 0.4) is 0 Å². The van der Waals surface area contributed by atoms with Gasteiger partial charge in [-0.2, -0.15) is 0 Å². The normalized spacial score (nSPS) is 10.9. The lowest BCUT2D eigenvalue weighted by atomic mass is 10.1. The fourth-order valence-corrected chi connectivity index (χ4v) is 2.95. The van der Waals surface area contributed by atoms with E-state index in [4.69, 9.17) is 4.42 Å². The smallest absolute Gasteiger partial charge is 0.153 e. The van der Waals surface area contributed by atoms with Crippen LogP contribution in [0.15, 0.2) is 58.5 Å². The van der Waals surface area contributed by atoms with Crippen LogP contribution in [-0.4, -0.2) is 18.1 Å². The topological polar surface area (TPSA) is 38.1 Å². The van der Waals surface area contributed by atoms with Crippen LogP contribution in [-0.2, 0) is 12.8 Å². The minimum absolute atomic E-state index is 0.842. The van der Waals surface area contributed by atoms with E-state index in [1.165, 1.54) is 5.56 Å². The van der Waals surface area contributed by atoms with Gasteiger partial charge in [-0.25, -0.2) is 4.98 Å². The quantitative estimate of drug-likeness (QED) is 0.675. The molecule has 3 rings (SSSR count). The van der Waals surface area contributed by atoms with Gasteiger partial charge in [0, 0.05) is 18.3 Å². The van der Waals surface area contributed by atoms with Gasteiger partial charge in [-0.15, -0.1) is 11.3 Å². The summed E-state index contributed by atoms with van der Waals surface area (Å²) in [5.74, 6) is 0.842. The maximum absolute atomic E-state index is 5.35. The molecule has 0 spiro atoms. The van der Waals surface area contributed by atoms with E-state index >= 15 is 0 Å². The van der Waals surface area contributed by atoms with E-state index in [2.05, 4.69) is 46.0 Å². The molecule has 0 aliphatic rings. The first-order valence-electron chi connectivity index (χ1n) is 7.15. The first-order chi connectivity index (χ1) is 10.4. The molecule has 0 saturated heterocycles. The molecule has 0 bridgehead atoms. The lowest BCUT2D eigenvalue weighted by Crippen LogP contribution is -2.20. The Morgan fingerprint density at radius 3 is 2.67 bits per heavy atom. The lowest BCUT2D eigenvalue weighted by Gasteiger charge is -2.03. The maximum atomic E-state index is 5.35. The molecule has 4 heteroatoms. The maximum Gasteiger partial charge on any atom is 0.153 e. The van der Waals surface area contributed by atoms with Crippen LogP contribution in [0.25, 0.3) is 11.5 Å². The Bertz CT molecular complexity index is 647. The zero-order chi connectivity index (χ0) is 14.3. The summed E-state index contributed by atoms with van der Waals surface area (Å²) >= 11 is 1.69. The predicted molar refractivity (Wildman–Crippen MR) is 86.5 cm³/mol. The van der Waals surface area contributed by atoms with Crippen LogP contribution in [0.2, 0.25) is 0 Å². The lowest BCUT2D eigenvalue weighted by molar-refractivity contribution is 0.580. The summed E-state index contributed by atoms with van der Waals surface area (Å²) in [4.78, 5) is 4.59. The highest BCUT2D eigenvalue weighted by Crippen LogP contribution is 2.22. The van der Waals surface area contributed by atoms with E-state index in [0.29, 0.717) is 0 Å². The Balaban J connectivity index is 1.40.